The Hall–Kier alpha value is -0.393. The second-order valence-corrected chi connectivity index (χ2v) is 10.8. The number of hydrogen-bond acceptors (Lipinski definition) is 4. The van der Waals surface area contributed by atoms with Gasteiger partial charge < -0.3 is 14.3 Å². The van der Waals surface area contributed by atoms with Gasteiger partial charge in [-0.05, 0) is 24.6 Å². The number of aliphatic hydroxyl groups is 1. The van der Waals surface area contributed by atoms with Crippen molar-refractivity contribution < 1.29 is 19.1 Å². The van der Waals surface area contributed by atoms with Gasteiger partial charge in [-0.1, -0.05) is 53.4 Å². The van der Waals surface area contributed by atoms with Crippen molar-refractivity contribution in [2.75, 3.05) is 13.2 Å². The molecule has 0 aliphatic rings. The number of rotatable bonds is 14. The number of carbonyl (C=O) groups is 1. The summed E-state index contributed by atoms with van der Waals surface area (Å²) >= 11 is 0. The van der Waals surface area contributed by atoms with E-state index in [0.29, 0.717) is 6.42 Å². The van der Waals surface area contributed by atoms with Crippen molar-refractivity contribution in [1.29, 1.82) is 0 Å². The van der Waals surface area contributed by atoms with E-state index in [1.807, 2.05) is 0 Å². The third-order valence-electron chi connectivity index (χ3n) is 4.44. The van der Waals surface area contributed by atoms with Crippen LogP contribution in [0.15, 0.2) is 0 Å². The van der Waals surface area contributed by atoms with Crippen LogP contribution in [0.4, 0.5) is 0 Å². The second kappa shape index (κ2) is 13.1. The fourth-order valence-corrected chi connectivity index (χ4v) is 5.17. The second-order valence-electron chi connectivity index (χ2n) is 6.06. The van der Waals surface area contributed by atoms with Crippen LogP contribution in [0.25, 0.3) is 0 Å². The molecule has 0 aromatic rings. The lowest BCUT2D eigenvalue weighted by molar-refractivity contribution is -0.147. The van der Waals surface area contributed by atoms with Gasteiger partial charge in [-0.15, -0.1) is 0 Å². The lowest BCUT2D eigenvalue weighted by atomic mass is 10.1. The Bertz CT molecular complexity index is 272. The molecule has 0 saturated heterocycles. The Labute approximate surface area is 137 Å². The molecular formula is C17H36O4Si. The molecule has 5 heteroatoms. The number of esters is 1. The minimum atomic E-state index is -1.67. The van der Waals surface area contributed by atoms with Crippen LogP contribution in [-0.2, 0) is 14.0 Å². The zero-order chi connectivity index (χ0) is 16.8. The first-order valence-corrected chi connectivity index (χ1v) is 11.5. The Morgan fingerprint density at radius 1 is 0.955 bits per heavy atom. The first-order valence-electron chi connectivity index (χ1n) is 9.01. The number of ether oxygens (including phenoxy) is 1. The van der Waals surface area contributed by atoms with E-state index < -0.39 is 14.4 Å². The maximum Gasteiger partial charge on any atom is 0.305 e. The standard InChI is InChI=1S/C17H36O4Si/c1-5-9-10-11-12-13-17(19)20-14-16(18)15-21-22(6-2,7-3)8-4/h16,18H,5-15H2,1-4H3/t16-/m1/s1. The highest BCUT2D eigenvalue weighted by molar-refractivity contribution is 6.73. The summed E-state index contributed by atoms with van der Waals surface area (Å²) in [6.07, 6.45) is 5.31. The van der Waals surface area contributed by atoms with Gasteiger partial charge in [-0.3, -0.25) is 4.79 Å². The average molecular weight is 333 g/mol. The van der Waals surface area contributed by atoms with Crippen molar-refractivity contribution in [3.05, 3.63) is 0 Å². The Kier molecular flexibility index (Phi) is 12.8. The number of aliphatic hydroxyl groups excluding tert-OH is 1. The van der Waals surface area contributed by atoms with E-state index in [0.717, 1.165) is 31.0 Å². The first-order chi connectivity index (χ1) is 10.5. The predicted molar refractivity (Wildman–Crippen MR) is 93.5 cm³/mol. The molecule has 0 heterocycles. The lowest BCUT2D eigenvalue weighted by Crippen LogP contribution is -2.39. The topological polar surface area (TPSA) is 55.8 Å². The Morgan fingerprint density at radius 3 is 2.09 bits per heavy atom. The summed E-state index contributed by atoms with van der Waals surface area (Å²) < 4.78 is 11.1. The van der Waals surface area contributed by atoms with Gasteiger partial charge in [0.05, 0.1) is 6.61 Å². The van der Waals surface area contributed by atoms with E-state index in [-0.39, 0.29) is 19.2 Å². The molecule has 1 N–H and O–H groups in total. The van der Waals surface area contributed by atoms with Gasteiger partial charge in [0.15, 0.2) is 8.32 Å². The van der Waals surface area contributed by atoms with E-state index in [4.69, 9.17) is 9.16 Å². The quantitative estimate of drug-likeness (QED) is 0.293. The smallest absolute Gasteiger partial charge is 0.305 e. The Balaban J connectivity index is 3.79. The SMILES string of the molecule is CCCCCCCC(=O)OC[C@@H](O)CO[Si](CC)(CC)CC. The van der Waals surface area contributed by atoms with Gasteiger partial charge in [-0.25, -0.2) is 0 Å². The van der Waals surface area contributed by atoms with Crippen molar-refractivity contribution >= 4 is 14.3 Å². The zero-order valence-electron chi connectivity index (χ0n) is 15.0. The molecule has 132 valence electrons. The third kappa shape index (κ3) is 9.59. The molecule has 0 fully saturated rings. The zero-order valence-corrected chi connectivity index (χ0v) is 16.0. The summed E-state index contributed by atoms with van der Waals surface area (Å²) in [5.74, 6) is -0.208. The van der Waals surface area contributed by atoms with Gasteiger partial charge in [0, 0.05) is 6.42 Å². The molecular weight excluding hydrogens is 296 g/mol. The van der Waals surface area contributed by atoms with Crippen LogP contribution in [0.1, 0.15) is 66.2 Å². The molecule has 22 heavy (non-hydrogen) atoms. The molecule has 4 nitrogen and oxygen atoms in total. The number of carbonyl (C=O) groups excluding carboxylic acids is 1. The van der Waals surface area contributed by atoms with Crippen molar-refractivity contribution in [3.8, 4) is 0 Å². The maximum atomic E-state index is 11.6. The minimum Gasteiger partial charge on any atom is -0.463 e. The highest BCUT2D eigenvalue weighted by Crippen LogP contribution is 2.21. The summed E-state index contributed by atoms with van der Waals surface area (Å²) in [7, 11) is -1.67. The van der Waals surface area contributed by atoms with Crippen LogP contribution in [0.2, 0.25) is 18.1 Å². The van der Waals surface area contributed by atoms with E-state index >= 15 is 0 Å². The fraction of sp³-hybridized carbons (Fsp3) is 0.941. The van der Waals surface area contributed by atoms with Gasteiger partial charge in [0.25, 0.3) is 0 Å². The first kappa shape index (κ1) is 21.6. The Morgan fingerprint density at radius 2 is 1.55 bits per heavy atom. The summed E-state index contributed by atoms with van der Waals surface area (Å²) in [6.45, 7) is 8.98. The molecule has 0 bridgehead atoms. The van der Waals surface area contributed by atoms with Crippen molar-refractivity contribution in [2.45, 2.75) is 90.5 Å². The molecule has 0 saturated carbocycles. The highest BCUT2D eigenvalue weighted by Gasteiger charge is 2.29. The average Bonchev–Trinajstić information content (AvgIpc) is 2.54. The van der Waals surface area contributed by atoms with Crippen molar-refractivity contribution in [1.82, 2.24) is 0 Å². The summed E-state index contributed by atoms with van der Waals surface area (Å²) in [4.78, 5) is 11.6. The van der Waals surface area contributed by atoms with E-state index in [1.165, 1.54) is 19.3 Å². The highest BCUT2D eigenvalue weighted by atomic mass is 28.4. The maximum absolute atomic E-state index is 11.6. The summed E-state index contributed by atoms with van der Waals surface area (Å²) in [5.41, 5.74) is 0. The largest absolute Gasteiger partial charge is 0.463 e. The monoisotopic (exact) mass is 332 g/mol. The molecule has 0 aliphatic carbocycles. The van der Waals surface area contributed by atoms with E-state index in [9.17, 15) is 9.90 Å². The molecule has 0 aromatic carbocycles. The van der Waals surface area contributed by atoms with Gasteiger partial charge >= 0.3 is 5.97 Å². The van der Waals surface area contributed by atoms with Crippen LogP contribution in [0.5, 0.6) is 0 Å². The molecule has 0 amide bonds. The van der Waals surface area contributed by atoms with Crippen LogP contribution in [0, 0.1) is 0 Å². The summed E-state index contributed by atoms with van der Waals surface area (Å²) in [6, 6.07) is 3.18. The van der Waals surface area contributed by atoms with Crippen molar-refractivity contribution in [3.63, 3.8) is 0 Å². The minimum absolute atomic E-state index is 0.0510. The predicted octanol–water partition coefficient (Wildman–Crippen LogP) is 4.27. The van der Waals surface area contributed by atoms with Crippen LogP contribution < -0.4 is 0 Å². The fourth-order valence-electron chi connectivity index (χ4n) is 2.51. The van der Waals surface area contributed by atoms with E-state index in [2.05, 4.69) is 27.7 Å². The molecule has 1 atom stereocenters. The molecule has 0 spiro atoms. The number of unbranched alkanes of at least 4 members (excludes halogenated alkanes) is 4. The third-order valence-corrected chi connectivity index (χ3v) is 9.08. The van der Waals surface area contributed by atoms with Gasteiger partial charge in [0.2, 0.25) is 0 Å². The van der Waals surface area contributed by atoms with Gasteiger partial charge in [0.1, 0.15) is 12.7 Å². The van der Waals surface area contributed by atoms with Crippen LogP contribution in [0.3, 0.4) is 0 Å². The normalized spacial score (nSPS) is 13.1. The molecule has 0 radical (unpaired) electrons. The molecule has 0 aliphatic heterocycles. The molecule has 0 unspecified atom stereocenters. The van der Waals surface area contributed by atoms with E-state index in [1.54, 1.807) is 0 Å². The molecule has 0 rings (SSSR count). The number of hydrogen-bond donors (Lipinski definition) is 1. The van der Waals surface area contributed by atoms with Gasteiger partial charge in [-0.2, -0.15) is 0 Å². The summed E-state index contributed by atoms with van der Waals surface area (Å²) in [5, 5.41) is 9.91. The lowest BCUT2D eigenvalue weighted by Gasteiger charge is -2.29. The molecule has 0 aromatic heterocycles. The van der Waals surface area contributed by atoms with Crippen LogP contribution >= 0.6 is 0 Å². The van der Waals surface area contributed by atoms with Crippen LogP contribution in [-0.4, -0.2) is 38.7 Å². The van der Waals surface area contributed by atoms with Crippen molar-refractivity contribution in [2.24, 2.45) is 0 Å².